The Bertz CT molecular complexity index is 620. The van der Waals surface area contributed by atoms with E-state index in [9.17, 15) is 0 Å². The highest BCUT2D eigenvalue weighted by atomic mass is 35.5. The van der Waals surface area contributed by atoms with Crippen LogP contribution in [0.5, 0.6) is 0 Å². The minimum Gasteiger partial charge on any atom is -0.398 e. The zero-order chi connectivity index (χ0) is 12.7. The van der Waals surface area contributed by atoms with E-state index in [1.807, 2.05) is 19.1 Å². The summed E-state index contributed by atoms with van der Waals surface area (Å²) >= 11 is 6.17. The number of hydrogen-bond acceptors (Lipinski definition) is 2. The maximum Gasteiger partial charge on any atom is 0.0770 e. The molecular weight excluding hydrogens is 244 g/mol. The number of aromatic nitrogens is 1. The molecule has 0 spiro atoms. The van der Waals surface area contributed by atoms with Crippen LogP contribution in [0.2, 0.25) is 5.02 Å². The first-order chi connectivity index (χ1) is 8.68. The van der Waals surface area contributed by atoms with Crippen molar-refractivity contribution in [1.29, 1.82) is 0 Å². The summed E-state index contributed by atoms with van der Waals surface area (Å²) in [6.07, 6.45) is 5.81. The van der Waals surface area contributed by atoms with Gasteiger partial charge in [0.2, 0.25) is 0 Å². The number of benzene rings is 1. The molecule has 0 amide bonds. The number of nitrogen functional groups attached to an aromatic ring is 1. The zero-order valence-electron chi connectivity index (χ0n) is 10.6. The number of halogens is 1. The molecule has 0 bridgehead atoms. The Morgan fingerprint density at radius 2 is 1.94 bits per heavy atom. The lowest BCUT2D eigenvalue weighted by molar-refractivity contribution is 0.709. The molecule has 3 rings (SSSR count). The van der Waals surface area contributed by atoms with Crippen molar-refractivity contribution < 1.29 is 0 Å². The van der Waals surface area contributed by atoms with E-state index in [-0.39, 0.29) is 0 Å². The number of nitrogens with zero attached hydrogens (tertiary/aromatic N) is 1. The number of rotatable bonds is 0. The number of pyridine rings is 1. The van der Waals surface area contributed by atoms with Crippen LogP contribution < -0.4 is 5.73 Å². The summed E-state index contributed by atoms with van der Waals surface area (Å²) in [6.45, 7) is 2.01. The smallest absolute Gasteiger partial charge is 0.0770 e. The maximum absolute atomic E-state index is 6.35. The second-order valence-electron chi connectivity index (χ2n) is 5.08. The zero-order valence-corrected chi connectivity index (χ0v) is 11.3. The molecule has 1 aliphatic rings. The molecule has 1 heterocycles. The highest BCUT2D eigenvalue weighted by Crippen LogP contribution is 2.33. The van der Waals surface area contributed by atoms with Crippen LogP contribution >= 0.6 is 11.6 Å². The fourth-order valence-corrected chi connectivity index (χ4v) is 2.97. The quantitative estimate of drug-likeness (QED) is 0.726. The molecule has 1 aromatic carbocycles. The Morgan fingerprint density at radius 3 is 2.78 bits per heavy atom. The average Bonchev–Trinajstić information content (AvgIpc) is 2.60. The van der Waals surface area contributed by atoms with Gasteiger partial charge in [-0.25, -0.2) is 0 Å². The molecule has 1 aliphatic carbocycles. The van der Waals surface area contributed by atoms with Gasteiger partial charge in [-0.2, -0.15) is 0 Å². The Labute approximate surface area is 112 Å². The van der Waals surface area contributed by atoms with Crippen molar-refractivity contribution in [3.05, 3.63) is 34.0 Å². The fourth-order valence-electron chi connectivity index (χ4n) is 2.81. The summed E-state index contributed by atoms with van der Waals surface area (Å²) in [5.74, 6) is 0. The molecule has 1 aromatic heterocycles. The third-order valence-electron chi connectivity index (χ3n) is 3.92. The SMILES string of the molecule is Cc1c(Cl)ccc2c(N)c3c(nc12)CCCCC3. The summed E-state index contributed by atoms with van der Waals surface area (Å²) < 4.78 is 0. The van der Waals surface area contributed by atoms with Crippen molar-refractivity contribution in [2.45, 2.75) is 39.0 Å². The third kappa shape index (κ3) is 1.76. The standard InChI is InChI=1S/C15H17ClN2/c1-9-12(16)8-7-11-14(17)10-5-3-2-4-6-13(10)18-15(9)11/h7-8H,2-6H2,1H3,(H2,17,18). The van der Waals surface area contributed by atoms with Crippen LogP contribution in [-0.4, -0.2) is 4.98 Å². The lowest BCUT2D eigenvalue weighted by Gasteiger charge is -2.13. The van der Waals surface area contributed by atoms with Crippen molar-refractivity contribution in [3.8, 4) is 0 Å². The van der Waals surface area contributed by atoms with Gasteiger partial charge in [0.15, 0.2) is 0 Å². The van der Waals surface area contributed by atoms with E-state index in [4.69, 9.17) is 22.3 Å². The van der Waals surface area contributed by atoms with Crippen molar-refractivity contribution in [2.75, 3.05) is 5.73 Å². The van der Waals surface area contributed by atoms with E-state index < -0.39 is 0 Å². The highest BCUT2D eigenvalue weighted by Gasteiger charge is 2.16. The van der Waals surface area contributed by atoms with Crippen molar-refractivity contribution in [2.24, 2.45) is 0 Å². The molecule has 0 radical (unpaired) electrons. The van der Waals surface area contributed by atoms with Gasteiger partial charge in [-0.05, 0) is 55.9 Å². The van der Waals surface area contributed by atoms with E-state index >= 15 is 0 Å². The van der Waals surface area contributed by atoms with Gasteiger partial charge in [0, 0.05) is 21.8 Å². The molecule has 0 unspecified atom stereocenters. The first kappa shape index (κ1) is 11.8. The minimum absolute atomic E-state index is 0.767. The fraction of sp³-hybridized carbons (Fsp3) is 0.400. The Kier molecular flexibility index (Phi) is 2.90. The van der Waals surface area contributed by atoms with Crippen molar-refractivity contribution >= 4 is 28.2 Å². The third-order valence-corrected chi connectivity index (χ3v) is 4.33. The molecule has 18 heavy (non-hydrogen) atoms. The monoisotopic (exact) mass is 260 g/mol. The van der Waals surface area contributed by atoms with Crippen LogP contribution in [0.15, 0.2) is 12.1 Å². The van der Waals surface area contributed by atoms with E-state index in [0.29, 0.717) is 0 Å². The Morgan fingerprint density at radius 1 is 1.17 bits per heavy atom. The first-order valence-corrected chi connectivity index (χ1v) is 6.92. The first-order valence-electron chi connectivity index (χ1n) is 6.54. The van der Waals surface area contributed by atoms with E-state index in [1.165, 1.54) is 30.5 Å². The Hall–Kier alpha value is -1.28. The molecule has 94 valence electrons. The molecule has 0 fully saturated rings. The largest absolute Gasteiger partial charge is 0.398 e. The molecule has 2 N–H and O–H groups in total. The topological polar surface area (TPSA) is 38.9 Å². The predicted octanol–water partition coefficient (Wildman–Crippen LogP) is 4.05. The minimum atomic E-state index is 0.767. The van der Waals surface area contributed by atoms with Crippen LogP contribution in [0, 0.1) is 6.92 Å². The predicted molar refractivity (Wildman–Crippen MR) is 77.2 cm³/mol. The highest BCUT2D eigenvalue weighted by molar-refractivity contribution is 6.32. The van der Waals surface area contributed by atoms with Crippen molar-refractivity contribution in [3.63, 3.8) is 0 Å². The molecule has 0 aliphatic heterocycles. The average molecular weight is 261 g/mol. The van der Waals surface area contributed by atoms with Crippen molar-refractivity contribution in [1.82, 2.24) is 4.98 Å². The molecule has 2 nitrogen and oxygen atoms in total. The summed E-state index contributed by atoms with van der Waals surface area (Å²) in [4.78, 5) is 4.83. The van der Waals surface area contributed by atoms with Gasteiger partial charge in [-0.15, -0.1) is 0 Å². The van der Waals surface area contributed by atoms with Crippen LogP contribution in [-0.2, 0) is 12.8 Å². The second-order valence-corrected chi connectivity index (χ2v) is 5.49. The lowest BCUT2D eigenvalue weighted by Crippen LogP contribution is -2.03. The van der Waals surface area contributed by atoms with E-state index in [1.54, 1.807) is 0 Å². The summed E-state index contributed by atoms with van der Waals surface area (Å²) in [5, 5.41) is 1.82. The molecule has 2 aromatic rings. The number of aryl methyl sites for hydroxylation is 2. The normalized spacial score (nSPS) is 15.4. The van der Waals surface area contributed by atoms with Gasteiger partial charge >= 0.3 is 0 Å². The van der Waals surface area contributed by atoms with Crippen LogP contribution in [0.3, 0.4) is 0 Å². The van der Waals surface area contributed by atoms with Gasteiger partial charge in [0.05, 0.1) is 5.52 Å². The van der Waals surface area contributed by atoms with E-state index in [2.05, 4.69) is 0 Å². The molecular formula is C15H17ClN2. The van der Waals surface area contributed by atoms with Gasteiger partial charge in [0.25, 0.3) is 0 Å². The van der Waals surface area contributed by atoms with Gasteiger partial charge in [-0.3, -0.25) is 4.98 Å². The maximum atomic E-state index is 6.35. The Balaban J connectivity index is 2.34. The van der Waals surface area contributed by atoms with Crippen LogP contribution in [0.25, 0.3) is 10.9 Å². The van der Waals surface area contributed by atoms with Gasteiger partial charge in [-0.1, -0.05) is 18.0 Å². The number of anilines is 1. The summed E-state index contributed by atoms with van der Waals surface area (Å²) in [7, 11) is 0. The lowest BCUT2D eigenvalue weighted by atomic mass is 10.0. The summed E-state index contributed by atoms with van der Waals surface area (Å²) in [6, 6.07) is 3.92. The number of hydrogen-bond donors (Lipinski definition) is 1. The van der Waals surface area contributed by atoms with Gasteiger partial charge < -0.3 is 5.73 Å². The van der Waals surface area contributed by atoms with Crippen LogP contribution in [0.4, 0.5) is 5.69 Å². The van der Waals surface area contributed by atoms with Gasteiger partial charge in [0.1, 0.15) is 0 Å². The molecule has 0 saturated carbocycles. The molecule has 0 atom stereocenters. The second kappa shape index (κ2) is 4.43. The summed E-state index contributed by atoms with van der Waals surface area (Å²) in [5.41, 5.74) is 11.7. The van der Waals surface area contributed by atoms with Crippen LogP contribution in [0.1, 0.15) is 36.1 Å². The molecule has 0 saturated heterocycles. The number of nitrogens with two attached hydrogens (primary N) is 1. The van der Waals surface area contributed by atoms with E-state index in [0.717, 1.165) is 40.0 Å². The molecule has 3 heteroatoms. The number of fused-ring (bicyclic) bond motifs is 2.